The predicted molar refractivity (Wildman–Crippen MR) is 97.1 cm³/mol. The Balaban J connectivity index is 1.80. The maximum Gasteiger partial charge on any atom is 0.255 e. The van der Waals surface area contributed by atoms with E-state index in [1.807, 2.05) is 66.2 Å². The van der Waals surface area contributed by atoms with E-state index < -0.39 is 0 Å². The van der Waals surface area contributed by atoms with Crippen LogP contribution in [0.25, 0.3) is 5.69 Å². The molecule has 0 aliphatic heterocycles. The minimum atomic E-state index is -0.134. The van der Waals surface area contributed by atoms with E-state index >= 15 is 0 Å². The highest BCUT2D eigenvalue weighted by atomic mass is 16.5. The molecule has 0 spiro atoms. The molecule has 0 atom stereocenters. The van der Waals surface area contributed by atoms with E-state index in [4.69, 9.17) is 4.74 Å². The number of amides is 1. The molecule has 3 rings (SSSR count). The van der Waals surface area contributed by atoms with Crippen molar-refractivity contribution in [1.82, 2.24) is 15.1 Å². The Morgan fingerprint density at radius 2 is 1.84 bits per heavy atom. The standard InChI is InChI=1S/C20H21N3O2/c1-3-18-17(14-22-23(18)16-10-5-4-6-11-16)20(24)21-13-15-9-7-8-12-19(15)25-2/h4-12,14H,3,13H2,1-2H3,(H,21,24). The van der Waals surface area contributed by atoms with Gasteiger partial charge in [0.15, 0.2) is 0 Å². The summed E-state index contributed by atoms with van der Waals surface area (Å²) >= 11 is 0. The van der Waals surface area contributed by atoms with Crippen molar-refractivity contribution in [1.29, 1.82) is 0 Å². The second-order valence-electron chi connectivity index (χ2n) is 5.60. The number of hydrogen-bond acceptors (Lipinski definition) is 3. The summed E-state index contributed by atoms with van der Waals surface area (Å²) in [4.78, 5) is 12.6. The molecule has 0 saturated heterocycles. The van der Waals surface area contributed by atoms with Gasteiger partial charge in [-0.25, -0.2) is 4.68 Å². The number of ether oxygens (including phenoxy) is 1. The van der Waals surface area contributed by atoms with Gasteiger partial charge in [0.25, 0.3) is 5.91 Å². The number of carbonyl (C=O) groups is 1. The average molecular weight is 335 g/mol. The summed E-state index contributed by atoms with van der Waals surface area (Å²) in [6, 6.07) is 17.5. The first-order chi connectivity index (χ1) is 12.2. The first kappa shape index (κ1) is 16.8. The number of methoxy groups -OCH3 is 1. The molecule has 0 saturated carbocycles. The van der Waals surface area contributed by atoms with Crippen LogP contribution in [0.1, 0.15) is 28.5 Å². The zero-order valence-corrected chi connectivity index (χ0v) is 14.4. The quantitative estimate of drug-likeness (QED) is 0.751. The van der Waals surface area contributed by atoms with Gasteiger partial charge in [0.05, 0.1) is 30.3 Å². The average Bonchev–Trinajstić information content (AvgIpc) is 3.11. The second-order valence-corrected chi connectivity index (χ2v) is 5.60. The van der Waals surface area contributed by atoms with Gasteiger partial charge in [0.2, 0.25) is 0 Å². The number of para-hydroxylation sites is 2. The van der Waals surface area contributed by atoms with Gasteiger partial charge >= 0.3 is 0 Å². The molecule has 1 aromatic heterocycles. The van der Waals surface area contributed by atoms with Crippen LogP contribution in [0.15, 0.2) is 60.8 Å². The van der Waals surface area contributed by atoms with Gasteiger partial charge in [-0.15, -0.1) is 0 Å². The van der Waals surface area contributed by atoms with Crippen LogP contribution >= 0.6 is 0 Å². The van der Waals surface area contributed by atoms with E-state index in [1.165, 1.54) is 0 Å². The zero-order valence-electron chi connectivity index (χ0n) is 14.4. The number of benzene rings is 2. The molecule has 0 aliphatic carbocycles. The molecular formula is C20H21N3O2. The van der Waals surface area contributed by atoms with E-state index in [9.17, 15) is 4.79 Å². The van der Waals surface area contributed by atoms with Crippen molar-refractivity contribution in [3.05, 3.63) is 77.6 Å². The highest BCUT2D eigenvalue weighted by Gasteiger charge is 2.17. The lowest BCUT2D eigenvalue weighted by molar-refractivity contribution is 0.0949. The van der Waals surface area contributed by atoms with Gasteiger partial charge in [-0.2, -0.15) is 5.10 Å². The summed E-state index contributed by atoms with van der Waals surface area (Å²) in [7, 11) is 1.62. The lowest BCUT2D eigenvalue weighted by Gasteiger charge is -2.10. The van der Waals surface area contributed by atoms with Crippen molar-refractivity contribution in [3.8, 4) is 11.4 Å². The monoisotopic (exact) mass is 335 g/mol. The Labute approximate surface area is 147 Å². The highest BCUT2D eigenvalue weighted by molar-refractivity contribution is 5.95. The molecule has 3 aromatic rings. The van der Waals surface area contributed by atoms with Crippen LogP contribution in [0.2, 0.25) is 0 Å². The van der Waals surface area contributed by atoms with Gasteiger partial charge in [-0.3, -0.25) is 4.79 Å². The molecular weight excluding hydrogens is 314 g/mol. The Kier molecular flexibility index (Phi) is 5.14. The zero-order chi connectivity index (χ0) is 17.6. The molecule has 0 radical (unpaired) electrons. The number of nitrogens with zero attached hydrogens (tertiary/aromatic N) is 2. The van der Waals surface area contributed by atoms with E-state index in [-0.39, 0.29) is 5.91 Å². The summed E-state index contributed by atoms with van der Waals surface area (Å²) in [6.45, 7) is 2.43. The van der Waals surface area contributed by atoms with Crippen molar-refractivity contribution < 1.29 is 9.53 Å². The van der Waals surface area contributed by atoms with Crippen molar-refractivity contribution in [2.45, 2.75) is 19.9 Å². The third-order valence-corrected chi connectivity index (χ3v) is 4.08. The number of hydrogen-bond donors (Lipinski definition) is 1. The lowest BCUT2D eigenvalue weighted by atomic mass is 10.1. The number of nitrogens with one attached hydrogen (secondary N) is 1. The topological polar surface area (TPSA) is 56.1 Å². The molecule has 1 N–H and O–H groups in total. The second kappa shape index (κ2) is 7.66. The molecule has 128 valence electrons. The third-order valence-electron chi connectivity index (χ3n) is 4.08. The van der Waals surface area contributed by atoms with Gasteiger partial charge in [-0.1, -0.05) is 43.3 Å². The fourth-order valence-electron chi connectivity index (χ4n) is 2.82. The van der Waals surface area contributed by atoms with E-state index in [1.54, 1.807) is 13.3 Å². The minimum absolute atomic E-state index is 0.134. The van der Waals surface area contributed by atoms with Gasteiger partial charge < -0.3 is 10.1 Å². The smallest absolute Gasteiger partial charge is 0.255 e. The molecule has 0 fully saturated rings. The molecule has 0 bridgehead atoms. The molecule has 5 nitrogen and oxygen atoms in total. The van der Waals surface area contributed by atoms with Crippen LogP contribution in [-0.2, 0) is 13.0 Å². The predicted octanol–water partition coefficient (Wildman–Crippen LogP) is 3.37. The first-order valence-corrected chi connectivity index (χ1v) is 8.27. The summed E-state index contributed by atoms with van der Waals surface area (Å²) in [5.41, 5.74) is 3.37. The van der Waals surface area contributed by atoms with Crippen molar-refractivity contribution in [2.75, 3.05) is 7.11 Å². The van der Waals surface area contributed by atoms with Crippen LogP contribution in [0.5, 0.6) is 5.75 Å². The number of carbonyl (C=O) groups excluding carboxylic acids is 1. The first-order valence-electron chi connectivity index (χ1n) is 8.27. The summed E-state index contributed by atoms with van der Waals surface area (Å²) < 4.78 is 7.14. The lowest BCUT2D eigenvalue weighted by Crippen LogP contribution is -2.24. The maximum atomic E-state index is 12.6. The summed E-state index contributed by atoms with van der Waals surface area (Å²) in [6.07, 6.45) is 2.34. The van der Waals surface area contributed by atoms with Crippen LogP contribution in [0.3, 0.4) is 0 Å². The molecule has 0 unspecified atom stereocenters. The molecule has 1 amide bonds. The largest absolute Gasteiger partial charge is 0.496 e. The van der Waals surface area contributed by atoms with Crippen LogP contribution in [-0.4, -0.2) is 22.8 Å². The van der Waals surface area contributed by atoms with E-state index in [2.05, 4.69) is 10.4 Å². The van der Waals surface area contributed by atoms with Gasteiger partial charge in [0, 0.05) is 12.1 Å². The molecule has 5 heteroatoms. The molecule has 25 heavy (non-hydrogen) atoms. The number of rotatable bonds is 6. The van der Waals surface area contributed by atoms with Crippen molar-refractivity contribution in [3.63, 3.8) is 0 Å². The van der Waals surface area contributed by atoms with Crippen molar-refractivity contribution >= 4 is 5.91 Å². The Morgan fingerprint density at radius 3 is 2.56 bits per heavy atom. The Bertz CT molecular complexity index is 856. The Morgan fingerprint density at radius 1 is 1.12 bits per heavy atom. The van der Waals surface area contributed by atoms with Crippen LogP contribution in [0, 0.1) is 0 Å². The third kappa shape index (κ3) is 3.55. The molecule has 0 aliphatic rings. The fraction of sp³-hybridized carbons (Fsp3) is 0.200. The normalized spacial score (nSPS) is 10.5. The number of aromatic nitrogens is 2. The van der Waals surface area contributed by atoms with E-state index in [0.29, 0.717) is 18.5 Å². The van der Waals surface area contributed by atoms with E-state index in [0.717, 1.165) is 22.7 Å². The van der Waals surface area contributed by atoms with Crippen LogP contribution < -0.4 is 10.1 Å². The van der Waals surface area contributed by atoms with Gasteiger partial charge in [-0.05, 0) is 24.6 Å². The van der Waals surface area contributed by atoms with Crippen molar-refractivity contribution in [2.24, 2.45) is 0 Å². The highest BCUT2D eigenvalue weighted by Crippen LogP contribution is 2.18. The minimum Gasteiger partial charge on any atom is -0.496 e. The van der Waals surface area contributed by atoms with Gasteiger partial charge in [0.1, 0.15) is 5.75 Å². The molecule has 2 aromatic carbocycles. The Hall–Kier alpha value is -3.08. The molecule has 1 heterocycles. The SMILES string of the molecule is CCc1c(C(=O)NCc2ccccc2OC)cnn1-c1ccccc1. The summed E-state index contributed by atoms with van der Waals surface area (Å²) in [5.74, 6) is 0.628. The maximum absolute atomic E-state index is 12.6. The summed E-state index contributed by atoms with van der Waals surface area (Å²) in [5, 5.41) is 7.36. The van der Waals surface area contributed by atoms with Crippen LogP contribution in [0.4, 0.5) is 0 Å². The fourth-order valence-corrected chi connectivity index (χ4v) is 2.82.